The lowest BCUT2D eigenvalue weighted by molar-refractivity contribution is 0.669. The number of furan rings is 1. The van der Waals surface area contributed by atoms with Crippen molar-refractivity contribution < 1.29 is 4.42 Å². The minimum Gasteiger partial charge on any atom is -0.456 e. The molecule has 0 unspecified atom stereocenters. The normalized spacial score (nSPS) is 13.2. The Labute approximate surface area is 347 Å². The molecule has 0 radical (unpaired) electrons. The van der Waals surface area contributed by atoms with Gasteiger partial charge in [0.15, 0.2) is 0 Å². The molecule has 2 heterocycles. The summed E-state index contributed by atoms with van der Waals surface area (Å²) in [5.41, 5.74) is 15.6. The topological polar surface area (TPSA) is 19.6 Å². The zero-order chi connectivity index (χ0) is 38.9. The third-order valence-electron chi connectivity index (χ3n) is 12.1. The number of fused-ring (bicyclic) bond motifs is 12. The van der Waals surface area contributed by atoms with E-state index in [4.69, 9.17) is 4.42 Å². The number of anilines is 6. The van der Waals surface area contributed by atoms with E-state index in [1.165, 1.54) is 43.2 Å². The molecule has 59 heavy (non-hydrogen) atoms. The Balaban J connectivity index is 1.05. The van der Waals surface area contributed by atoms with E-state index >= 15 is 0 Å². The molecule has 1 spiro atoms. The monoisotopic (exact) mass is 772 g/mol. The van der Waals surface area contributed by atoms with Gasteiger partial charge in [0.1, 0.15) is 11.2 Å². The number of para-hydroxylation sites is 3. The molecule has 0 atom stereocenters. The van der Waals surface area contributed by atoms with Crippen molar-refractivity contribution in [1.82, 2.24) is 0 Å². The maximum Gasteiger partial charge on any atom is 0.137 e. The van der Waals surface area contributed by atoms with Crippen LogP contribution in [0.1, 0.15) is 22.3 Å². The molecule has 0 bridgehead atoms. The van der Waals surface area contributed by atoms with Gasteiger partial charge < -0.3 is 14.2 Å². The highest BCUT2D eigenvalue weighted by Gasteiger charge is 2.50. The Morgan fingerprint density at radius 3 is 1.54 bits per heavy atom. The standard InChI is InChI=1S/C55H36N2OS/c1-4-17-37(18-5-1)56(41-31-33-43-51(36-41)58-50-28-16-27-49(54(43)50)57(38-19-6-2-7-20-38)39-21-8-3-9-22-39)40-32-34-46-44(35-40)42-23-10-11-24-45(42)55(46)47-25-12-14-29-52(47)59-53-30-15-13-26-48(53)55/h1-36H. The van der Waals surface area contributed by atoms with Crippen molar-refractivity contribution in [3.8, 4) is 11.1 Å². The first kappa shape index (κ1) is 33.8. The Morgan fingerprint density at radius 1 is 0.356 bits per heavy atom. The molecule has 0 saturated carbocycles. The third kappa shape index (κ3) is 5.10. The number of rotatable bonds is 6. The summed E-state index contributed by atoms with van der Waals surface area (Å²) >= 11 is 1.88. The van der Waals surface area contributed by atoms with Gasteiger partial charge in [-0.1, -0.05) is 139 Å². The maximum atomic E-state index is 6.78. The van der Waals surface area contributed by atoms with Gasteiger partial charge in [-0.15, -0.1) is 0 Å². The average molecular weight is 773 g/mol. The van der Waals surface area contributed by atoms with Crippen molar-refractivity contribution in [3.05, 3.63) is 241 Å². The average Bonchev–Trinajstić information content (AvgIpc) is 3.82. The van der Waals surface area contributed by atoms with Crippen LogP contribution in [0, 0.1) is 0 Å². The van der Waals surface area contributed by atoms with Gasteiger partial charge >= 0.3 is 0 Å². The smallest absolute Gasteiger partial charge is 0.137 e. The Hall–Kier alpha value is -7.27. The molecule has 0 N–H and O–H groups in total. The zero-order valence-electron chi connectivity index (χ0n) is 32.0. The molecule has 278 valence electrons. The highest BCUT2D eigenvalue weighted by Crippen LogP contribution is 2.62. The van der Waals surface area contributed by atoms with Crippen LogP contribution in [0.3, 0.4) is 0 Å². The fraction of sp³-hybridized carbons (Fsp3) is 0.0182. The van der Waals surface area contributed by atoms with Crippen LogP contribution in [0.5, 0.6) is 0 Å². The van der Waals surface area contributed by atoms with E-state index in [-0.39, 0.29) is 0 Å². The molecule has 12 rings (SSSR count). The third-order valence-corrected chi connectivity index (χ3v) is 13.2. The summed E-state index contributed by atoms with van der Waals surface area (Å²) in [6.45, 7) is 0. The number of hydrogen-bond donors (Lipinski definition) is 0. The first-order chi connectivity index (χ1) is 29.3. The highest BCUT2D eigenvalue weighted by molar-refractivity contribution is 7.99. The van der Waals surface area contributed by atoms with Crippen LogP contribution >= 0.6 is 11.8 Å². The van der Waals surface area contributed by atoms with Crippen molar-refractivity contribution in [2.75, 3.05) is 9.80 Å². The first-order valence-electron chi connectivity index (χ1n) is 20.1. The lowest BCUT2D eigenvalue weighted by atomic mass is 9.67. The predicted molar refractivity (Wildman–Crippen MR) is 245 cm³/mol. The molecule has 1 aliphatic heterocycles. The van der Waals surface area contributed by atoms with Crippen LogP contribution in [-0.4, -0.2) is 0 Å². The minimum atomic E-state index is -0.418. The first-order valence-corrected chi connectivity index (χ1v) is 20.9. The molecule has 0 fully saturated rings. The van der Waals surface area contributed by atoms with E-state index in [2.05, 4.69) is 228 Å². The molecule has 1 aliphatic carbocycles. The number of hydrogen-bond acceptors (Lipinski definition) is 4. The second-order valence-electron chi connectivity index (χ2n) is 15.2. The highest BCUT2D eigenvalue weighted by atomic mass is 32.2. The van der Waals surface area contributed by atoms with Crippen LogP contribution in [0.25, 0.3) is 33.1 Å². The largest absolute Gasteiger partial charge is 0.456 e. The Kier molecular flexibility index (Phi) is 7.69. The SMILES string of the molecule is c1ccc(N(c2ccc3c(c2)-c2ccccc2C32c3ccccc3Sc3ccccc32)c2ccc3c(c2)oc2cccc(N(c4ccccc4)c4ccccc4)c23)cc1. The van der Waals surface area contributed by atoms with E-state index < -0.39 is 5.41 Å². The van der Waals surface area contributed by atoms with Crippen LogP contribution in [-0.2, 0) is 5.41 Å². The maximum absolute atomic E-state index is 6.78. The van der Waals surface area contributed by atoms with Gasteiger partial charge in [-0.05, 0) is 118 Å². The van der Waals surface area contributed by atoms with Gasteiger partial charge in [0.25, 0.3) is 0 Å². The summed E-state index contributed by atoms with van der Waals surface area (Å²) in [5, 5.41) is 2.15. The van der Waals surface area contributed by atoms with E-state index in [9.17, 15) is 0 Å². The molecule has 4 heteroatoms. The summed E-state index contributed by atoms with van der Waals surface area (Å²) in [7, 11) is 0. The molecular weight excluding hydrogens is 737 g/mol. The van der Waals surface area contributed by atoms with Crippen LogP contribution in [0.2, 0.25) is 0 Å². The summed E-state index contributed by atoms with van der Waals surface area (Å²) in [5.74, 6) is 0. The zero-order valence-corrected chi connectivity index (χ0v) is 32.8. The van der Waals surface area contributed by atoms with Crippen LogP contribution in [0.15, 0.2) is 233 Å². The quantitative estimate of drug-likeness (QED) is 0.168. The fourth-order valence-corrected chi connectivity index (χ4v) is 10.9. The molecule has 10 aromatic rings. The van der Waals surface area contributed by atoms with Crippen molar-refractivity contribution >= 4 is 67.8 Å². The van der Waals surface area contributed by atoms with Crippen molar-refractivity contribution in [1.29, 1.82) is 0 Å². The van der Waals surface area contributed by atoms with Crippen molar-refractivity contribution in [2.24, 2.45) is 0 Å². The fourth-order valence-electron chi connectivity index (χ4n) is 9.71. The van der Waals surface area contributed by atoms with Gasteiger partial charge in [-0.2, -0.15) is 0 Å². The minimum absolute atomic E-state index is 0.418. The van der Waals surface area contributed by atoms with Gasteiger partial charge in [0.05, 0.1) is 16.5 Å². The summed E-state index contributed by atoms with van der Waals surface area (Å²) in [6.07, 6.45) is 0. The van der Waals surface area contributed by atoms with Crippen molar-refractivity contribution in [3.63, 3.8) is 0 Å². The molecule has 3 nitrogen and oxygen atoms in total. The predicted octanol–water partition coefficient (Wildman–Crippen LogP) is 15.4. The molecule has 0 amide bonds. The van der Waals surface area contributed by atoms with Gasteiger partial charge in [-0.25, -0.2) is 0 Å². The van der Waals surface area contributed by atoms with E-state index in [1.54, 1.807) is 0 Å². The lowest BCUT2D eigenvalue weighted by Gasteiger charge is -2.39. The van der Waals surface area contributed by atoms with Crippen LogP contribution < -0.4 is 9.80 Å². The van der Waals surface area contributed by atoms with E-state index in [0.29, 0.717) is 0 Å². The van der Waals surface area contributed by atoms with Crippen molar-refractivity contribution in [2.45, 2.75) is 15.2 Å². The van der Waals surface area contributed by atoms with Gasteiger partial charge in [-0.3, -0.25) is 0 Å². The second kappa shape index (κ2) is 13.4. The van der Waals surface area contributed by atoms with E-state index in [1.807, 2.05) is 11.8 Å². The Bertz CT molecular complexity index is 3130. The molecule has 0 saturated heterocycles. The molecule has 9 aromatic carbocycles. The summed E-state index contributed by atoms with van der Waals surface area (Å²) < 4.78 is 6.78. The molecular formula is C55H36N2OS. The molecule has 2 aliphatic rings. The number of benzene rings is 9. The lowest BCUT2D eigenvalue weighted by Crippen LogP contribution is -2.31. The van der Waals surface area contributed by atoms with Crippen LogP contribution in [0.4, 0.5) is 34.1 Å². The molecule has 1 aromatic heterocycles. The summed E-state index contributed by atoms with van der Waals surface area (Å²) in [6, 6.07) is 78.9. The van der Waals surface area contributed by atoms with Gasteiger partial charge in [0.2, 0.25) is 0 Å². The number of nitrogens with zero attached hydrogens (tertiary/aromatic N) is 2. The van der Waals surface area contributed by atoms with E-state index in [0.717, 1.165) is 56.1 Å². The summed E-state index contributed by atoms with van der Waals surface area (Å²) in [4.78, 5) is 7.29. The second-order valence-corrected chi connectivity index (χ2v) is 16.3. The Morgan fingerprint density at radius 2 is 0.881 bits per heavy atom. The van der Waals surface area contributed by atoms with Gasteiger partial charge in [0, 0.05) is 49.7 Å².